The molecule has 5 nitrogen and oxygen atoms in total. The lowest BCUT2D eigenvalue weighted by atomic mass is 10.1. The molecule has 2 aromatic heterocycles. The topological polar surface area (TPSA) is 69.1 Å². The monoisotopic (exact) mass is 273 g/mol. The highest BCUT2D eigenvalue weighted by molar-refractivity contribution is 7.19. The molecule has 0 atom stereocenters. The van der Waals surface area contributed by atoms with Gasteiger partial charge in [0, 0.05) is 12.0 Å². The molecule has 0 saturated carbocycles. The van der Waals surface area contributed by atoms with Gasteiger partial charge in [0.15, 0.2) is 5.82 Å². The molecule has 3 rings (SSSR count). The van der Waals surface area contributed by atoms with E-state index in [2.05, 4.69) is 34.4 Å². The summed E-state index contributed by atoms with van der Waals surface area (Å²) in [7, 11) is 0. The number of benzene rings is 1. The second-order valence-electron chi connectivity index (χ2n) is 4.27. The predicted molar refractivity (Wildman–Crippen MR) is 76.2 cm³/mol. The third-order valence-corrected chi connectivity index (χ3v) is 3.97. The number of fused-ring (bicyclic) bond motifs is 1. The fourth-order valence-corrected chi connectivity index (χ4v) is 3.01. The van der Waals surface area contributed by atoms with Crippen molar-refractivity contribution in [3.05, 3.63) is 35.7 Å². The van der Waals surface area contributed by atoms with E-state index < -0.39 is 0 Å². The van der Waals surface area contributed by atoms with Gasteiger partial charge in [-0.2, -0.15) is 9.61 Å². The van der Waals surface area contributed by atoms with E-state index in [1.807, 2.05) is 16.6 Å². The molecular weight excluding hydrogens is 258 g/mol. The van der Waals surface area contributed by atoms with Crippen molar-refractivity contribution in [2.24, 2.45) is 5.73 Å². The van der Waals surface area contributed by atoms with E-state index in [-0.39, 0.29) is 0 Å². The number of hydrogen-bond acceptors (Lipinski definition) is 5. The van der Waals surface area contributed by atoms with Crippen LogP contribution in [0.3, 0.4) is 0 Å². The Balaban J connectivity index is 2.11. The van der Waals surface area contributed by atoms with Crippen LogP contribution in [0, 0.1) is 0 Å². The summed E-state index contributed by atoms with van der Waals surface area (Å²) in [5, 5.41) is 13.9. The highest BCUT2D eigenvalue weighted by Crippen LogP contribution is 2.28. The number of aryl methyl sites for hydroxylation is 1. The molecule has 0 aliphatic heterocycles. The molecular formula is C13H15N5S. The highest BCUT2D eigenvalue weighted by Gasteiger charge is 2.13. The fourth-order valence-electron chi connectivity index (χ4n) is 2.09. The number of rotatable bonds is 4. The molecule has 1 aromatic carbocycles. The van der Waals surface area contributed by atoms with Gasteiger partial charge in [0.1, 0.15) is 5.01 Å². The maximum atomic E-state index is 5.66. The maximum Gasteiger partial charge on any atom is 0.234 e. The molecule has 98 valence electrons. The van der Waals surface area contributed by atoms with Crippen molar-refractivity contribution in [1.29, 1.82) is 0 Å². The van der Waals surface area contributed by atoms with Gasteiger partial charge in [0.05, 0.1) is 0 Å². The second-order valence-corrected chi connectivity index (χ2v) is 5.22. The van der Waals surface area contributed by atoms with Crippen LogP contribution in [-0.4, -0.2) is 26.4 Å². The van der Waals surface area contributed by atoms with E-state index in [0.717, 1.165) is 34.2 Å². The van der Waals surface area contributed by atoms with Crippen LogP contribution in [0.5, 0.6) is 0 Å². The Hall–Kier alpha value is -1.79. The van der Waals surface area contributed by atoms with Crippen molar-refractivity contribution in [2.45, 2.75) is 19.8 Å². The number of hydrogen-bond donors (Lipinski definition) is 1. The first-order valence-corrected chi connectivity index (χ1v) is 7.14. The van der Waals surface area contributed by atoms with Gasteiger partial charge >= 0.3 is 0 Å². The Kier molecular flexibility index (Phi) is 3.27. The van der Waals surface area contributed by atoms with Crippen molar-refractivity contribution in [1.82, 2.24) is 19.8 Å². The van der Waals surface area contributed by atoms with Gasteiger partial charge in [0.25, 0.3) is 0 Å². The number of aromatic nitrogens is 4. The third kappa shape index (κ3) is 2.13. The van der Waals surface area contributed by atoms with E-state index >= 15 is 0 Å². The molecule has 2 N–H and O–H groups in total. The molecule has 0 fully saturated rings. The predicted octanol–water partition coefficient (Wildman–Crippen LogP) is 1.92. The molecule has 6 heteroatoms. The molecule has 0 aliphatic rings. The second kappa shape index (κ2) is 5.07. The maximum absolute atomic E-state index is 5.66. The first-order valence-electron chi connectivity index (χ1n) is 6.33. The number of nitrogens with two attached hydrogens (primary N) is 1. The average Bonchev–Trinajstić information content (AvgIpc) is 2.99. The highest BCUT2D eigenvalue weighted by atomic mass is 32.1. The van der Waals surface area contributed by atoms with Crippen LogP contribution in [-0.2, 0) is 12.8 Å². The smallest absolute Gasteiger partial charge is 0.234 e. The summed E-state index contributed by atoms with van der Waals surface area (Å²) < 4.78 is 1.83. The summed E-state index contributed by atoms with van der Waals surface area (Å²) in [6.45, 7) is 2.69. The van der Waals surface area contributed by atoms with E-state index in [9.17, 15) is 0 Å². The van der Waals surface area contributed by atoms with E-state index in [1.54, 1.807) is 11.3 Å². The van der Waals surface area contributed by atoms with Gasteiger partial charge < -0.3 is 5.73 Å². The summed E-state index contributed by atoms with van der Waals surface area (Å²) in [4.78, 5) is 0.842. The quantitative estimate of drug-likeness (QED) is 0.788. The lowest BCUT2D eigenvalue weighted by molar-refractivity contribution is 0.837. The van der Waals surface area contributed by atoms with E-state index in [1.165, 1.54) is 5.56 Å². The number of nitrogens with zero attached hydrogens (tertiary/aromatic N) is 4. The zero-order chi connectivity index (χ0) is 13.2. The average molecular weight is 273 g/mol. The fraction of sp³-hybridized carbons (Fsp3) is 0.308. The molecule has 0 bridgehead atoms. The molecule has 0 aliphatic carbocycles. The summed E-state index contributed by atoms with van der Waals surface area (Å²) >= 11 is 1.56. The zero-order valence-electron chi connectivity index (χ0n) is 10.7. The molecule has 0 unspecified atom stereocenters. The molecule has 2 heterocycles. The van der Waals surface area contributed by atoms with Gasteiger partial charge in [-0.05, 0) is 18.5 Å². The molecule has 0 saturated heterocycles. The van der Waals surface area contributed by atoms with Crippen LogP contribution < -0.4 is 5.73 Å². The third-order valence-electron chi connectivity index (χ3n) is 3.03. The van der Waals surface area contributed by atoms with Gasteiger partial charge in [-0.25, -0.2) is 0 Å². The molecule has 3 aromatic rings. The Morgan fingerprint density at radius 1 is 1.26 bits per heavy atom. The Bertz CT molecular complexity index is 700. The van der Waals surface area contributed by atoms with Crippen LogP contribution in [0.4, 0.5) is 0 Å². The normalized spacial score (nSPS) is 11.3. The van der Waals surface area contributed by atoms with Crippen LogP contribution in [0.15, 0.2) is 24.3 Å². The standard InChI is InChI=1S/C13H15N5S/c1-2-11-15-16-13-18(11)17-12(19-13)10-6-4-3-5-9(10)7-8-14/h3-6H,2,7-8,14H2,1H3. The van der Waals surface area contributed by atoms with Crippen molar-refractivity contribution in [3.8, 4) is 10.6 Å². The SMILES string of the molecule is CCc1nnc2sc(-c3ccccc3CCN)nn12. The van der Waals surface area contributed by atoms with Crippen LogP contribution >= 0.6 is 11.3 Å². The van der Waals surface area contributed by atoms with Gasteiger partial charge in [-0.3, -0.25) is 0 Å². The minimum absolute atomic E-state index is 0.640. The Morgan fingerprint density at radius 3 is 2.89 bits per heavy atom. The Labute approximate surface area is 115 Å². The Morgan fingerprint density at radius 2 is 2.11 bits per heavy atom. The first kappa shape index (κ1) is 12.3. The summed E-state index contributed by atoms with van der Waals surface area (Å²) in [5.41, 5.74) is 8.04. The minimum Gasteiger partial charge on any atom is -0.330 e. The zero-order valence-corrected chi connectivity index (χ0v) is 11.5. The van der Waals surface area contributed by atoms with Crippen LogP contribution in [0.1, 0.15) is 18.3 Å². The van der Waals surface area contributed by atoms with Gasteiger partial charge in [-0.1, -0.05) is 42.5 Å². The lowest BCUT2D eigenvalue weighted by Gasteiger charge is -2.04. The largest absolute Gasteiger partial charge is 0.330 e. The van der Waals surface area contributed by atoms with Crippen molar-refractivity contribution in [3.63, 3.8) is 0 Å². The first-order chi connectivity index (χ1) is 9.33. The van der Waals surface area contributed by atoms with Crippen LogP contribution in [0.2, 0.25) is 0 Å². The van der Waals surface area contributed by atoms with Crippen LogP contribution in [0.25, 0.3) is 15.5 Å². The lowest BCUT2D eigenvalue weighted by Crippen LogP contribution is -2.04. The molecule has 0 radical (unpaired) electrons. The van der Waals surface area contributed by atoms with E-state index in [0.29, 0.717) is 6.54 Å². The van der Waals surface area contributed by atoms with Gasteiger partial charge in [-0.15, -0.1) is 10.2 Å². The molecule has 0 spiro atoms. The molecule has 19 heavy (non-hydrogen) atoms. The summed E-state index contributed by atoms with van der Waals surface area (Å²) in [6, 6.07) is 8.25. The van der Waals surface area contributed by atoms with E-state index in [4.69, 9.17) is 5.73 Å². The molecule has 0 amide bonds. The van der Waals surface area contributed by atoms with Crippen molar-refractivity contribution in [2.75, 3.05) is 6.54 Å². The summed E-state index contributed by atoms with van der Waals surface area (Å²) in [5.74, 6) is 0.897. The van der Waals surface area contributed by atoms with Crippen molar-refractivity contribution < 1.29 is 0 Å². The minimum atomic E-state index is 0.640. The van der Waals surface area contributed by atoms with Crippen molar-refractivity contribution >= 4 is 16.3 Å². The van der Waals surface area contributed by atoms with Gasteiger partial charge in [0.2, 0.25) is 4.96 Å². The summed E-state index contributed by atoms with van der Waals surface area (Å²) in [6.07, 6.45) is 1.69.